The monoisotopic (exact) mass is 326 g/mol. The number of benzene rings is 1. The number of nitrogens with one attached hydrogen (secondary N) is 1. The molecule has 122 valence electrons. The molecule has 1 N–H and O–H groups in total. The minimum atomic E-state index is -0.517. The molecule has 1 saturated heterocycles. The number of rotatable bonds is 2. The van der Waals surface area contributed by atoms with E-state index in [1.807, 2.05) is 26.8 Å². The van der Waals surface area contributed by atoms with E-state index in [1.165, 1.54) is 0 Å². The highest BCUT2D eigenvalue weighted by Crippen LogP contribution is 2.33. The van der Waals surface area contributed by atoms with E-state index in [0.717, 1.165) is 12.1 Å². The Kier molecular flexibility index (Phi) is 5.19. The second-order valence-corrected chi connectivity index (χ2v) is 6.72. The van der Waals surface area contributed by atoms with Gasteiger partial charge >= 0.3 is 6.09 Å². The normalized spacial score (nSPS) is 19.0. The summed E-state index contributed by atoms with van der Waals surface area (Å²) in [7, 11) is 1.60. The zero-order chi connectivity index (χ0) is 16.3. The lowest BCUT2D eigenvalue weighted by atomic mass is 10.0. The molecular formula is C16H23ClN2O3. The van der Waals surface area contributed by atoms with Gasteiger partial charge in [0, 0.05) is 30.2 Å². The Morgan fingerprint density at radius 2 is 2.14 bits per heavy atom. The molecule has 0 aliphatic carbocycles. The number of hydrogen-bond donors (Lipinski definition) is 1. The number of carbonyl (C=O) groups excluding carboxylic acids is 1. The Morgan fingerprint density at radius 3 is 2.77 bits per heavy atom. The van der Waals surface area contributed by atoms with E-state index in [9.17, 15) is 4.79 Å². The third kappa shape index (κ3) is 4.05. The van der Waals surface area contributed by atoms with Crippen molar-refractivity contribution in [3.63, 3.8) is 0 Å². The van der Waals surface area contributed by atoms with Crippen molar-refractivity contribution in [3.05, 3.63) is 28.8 Å². The molecule has 0 aromatic heterocycles. The Balaban J connectivity index is 2.28. The molecule has 5 nitrogen and oxygen atoms in total. The molecule has 0 bridgehead atoms. The second kappa shape index (κ2) is 6.75. The van der Waals surface area contributed by atoms with E-state index < -0.39 is 5.60 Å². The van der Waals surface area contributed by atoms with E-state index in [0.29, 0.717) is 23.9 Å². The maximum atomic E-state index is 12.5. The second-order valence-electron chi connectivity index (χ2n) is 6.28. The molecule has 1 aromatic carbocycles. The van der Waals surface area contributed by atoms with Crippen molar-refractivity contribution in [3.8, 4) is 5.75 Å². The number of ether oxygens (including phenoxy) is 2. The molecule has 1 atom stereocenters. The van der Waals surface area contributed by atoms with Gasteiger partial charge in [-0.05, 0) is 32.9 Å². The van der Waals surface area contributed by atoms with Crippen LogP contribution in [0.2, 0.25) is 5.02 Å². The van der Waals surface area contributed by atoms with Crippen molar-refractivity contribution < 1.29 is 14.3 Å². The number of amides is 1. The molecule has 1 aliphatic rings. The highest BCUT2D eigenvalue weighted by Gasteiger charge is 2.32. The number of methoxy groups -OCH3 is 1. The maximum absolute atomic E-state index is 12.5. The fraction of sp³-hybridized carbons (Fsp3) is 0.562. The van der Waals surface area contributed by atoms with Crippen LogP contribution in [0.3, 0.4) is 0 Å². The summed E-state index contributed by atoms with van der Waals surface area (Å²) >= 11 is 6.02. The van der Waals surface area contributed by atoms with Gasteiger partial charge in [-0.25, -0.2) is 4.79 Å². The first-order chi connectivity index (χ1) is 10.3. The average molecular weight is 327 g/mol. The molecule has 1 aliphatic heterocycles. The average Bonchev–Trinajstić information content (AvgIpc) is 2.45. The van der Waals surface area contributed by atoms with Crippen LogP contribution in [0.5, 0.6) is 5.75 Å². The molecule has 2 rings (SSSR count). The Labute approximate surface area is 136 Å². The predicted molar refractivity (Wildman–Crippen MR) is 86.6 cm³/mol. The van der Waals surface area contributed by atoms with E-state index >= 15 is 0 Å². The third-order valence-corrected chi connectivity index (χ3v) is 3.66. The molecule has 1 amide bonds. The lowest BCUT2D eigenvalue weighted by Crippen LogP contribution is -2.50. The summed E-state index contributed by atoms with van der Waals surface area (Å²) < 4.78 is 10.9. The first-order valence-electron chi connectivity index (χ1n) is 7.35. The summed E-state index contributed by atoms with van der Waals surface area (Å²) in [5.74, 6) is 0.676. The van der Waals surface area contributed by atoms with Gasteiger partial charge in [0.25, 0.3) is 0 Å². The van der Waals surface area contributed by atoms with Gasteiger partial charge in [-0.3, -0.25) is 4.90 Å². The van der Waals surface area contributed by atoms with E-state index in [-0.39, 0.29) is 12.1 Å². The van der Waals surface area contributed by atoms with E-state index in [4.69, 9.17) is 21.1 Å². The molecule has 1 heterocycles. The lowest BCUT2D eigenvalue weighted by Gasteiger charge is -2.37. The highest BCUT2D eigenvalue weighted by molar-refractivity contribution is 6.30. The standard InChI is InChI=1S/C16H23ClN2O3/c1-16(2,3)22-15(20)19-8-7-18-10-13(19)12-6-5-11(17)9-14(12)21-4/h5-6,9,13,18H,7-8,10H2,1-4H3. The van der Waals surface area contributed by atoms with Crippen molar-refractivity contribution in [2.24, 2.45) is 0 Å². The van der Waals surface area contributed by atoms with E-state index in [1.54, 1.807) is 24.1 Å². The largest absolute Gasteiger partial charge is 0.496 e. The fourth-order valence-corrected chi connectivity index (χ4v) is 2.64. The van der Waals surface area contributed by atoms with Crippen LogP contribution in [-0.2, 0) is 4.74 Å². The molecule has 0 saturated carbocycles. The highest BCUT2D eigenvalue weighted by atomic mass is 35.5. The molecular weight excluding hydrogens is 304 g/mol. The van der Waals surface area contributed by atoms with Gasteiger partial charge in [0.15, 0.2) is 0 Å². The van der Waals surface area contributed by atoms with Crippen molar-refractivity contribution in [1.82, 2.24) is 10.2 Å². The minimum Gasteiger partial charge on any atom is -0.496 e. The van der Waals surface area contributed by atoms with E-state index in [2.05, 4.69) is 5.32 Å². The third-order valence-electron chi connectivity index (χ3n) is 3.43. The smallest absolute Gasteiger partial charge is 0.410 e. The topological polar surface area (TPSA) is 50.8 Å². The summed E-state index contributed by atoms with van der Waals surface area (Å²) in [5.41, 5.74) is 0.404. The summed E-state index contributed by atoms with van der Waals surface area (Å²) in [4.78, 5) is 14.2. The van der Waals surface area contributed by atoms with Gasteiger partial charge in [-0.2, -0.15) is 0 Å². The molecule has 1 aromatic rings. The number of carbonyl (C=O) groups is 1. The minimum absolute atomic E-state index is 0.143. The van der Waals surface area contributed by atoms with Crippen LogP contribution in [0.25, 0.3) is 0 Å². The van der Waals surface area contributed by atoms with Crippen LogP contribution < -0.4 is 10.1 Å². The maximum Gasteiger partial charge on any atom is 0.410 e. The van der Waals surface area contributed by atoms with Crippen molar-refractivity contribution >= 4 is 17.7 Å². The van der Waals surface area contributed by atoms with Crippen LogP contribution in [0.4, 0.5) is 4.79 Å². The first kappa shape index (κ1) is 16.9. The van der Waals surface area contributed by atoms with Gasteiger partial charge in [0.1, 0.15) is 11.4 Å². The Bertz CT molecular complexity index is 543. The van der Waals surface area contributed by atoms with Crippen LogP contribution in [0, 0.1) is 0 Å². The van der Waals surface area contributed by atoms with Crippen LogP contribution in [0.1, 0.15) is 32.4 Å². The van der Waals surface area contributed by atoms with Crippen molar-refractivity contribution in [2.45, 2.75) is 32.4 Å². The molecule has 6 heteroatoms. The lowest BCUT2D eigenvalue weighted by molar-refractivity contribution is 0.0116. The zero-order valence-corrected chi connectivity index (χ0v) is 14.2. The van der Waals surface area contributed by atoms with Gasteiger partial charge < -0.3 is 14.8 Å². The molecule has 0 spiro atoms. The number of hydrogen-bond acceptors (Lipinski definition) is 4. The molecule has 0 radical (unpaired) electrons. The Morgan fingerprint density at radius 1 is 1.41 bits per heavy atom. The summed E-state index contributed by atoms with van der Waals surface area (Å²) in [6.07, 6.45) is -0.309. The van der Waals surface area contributed by atoms with Crippen LogP contribution in [0.15, 0.2) is 18.2 Å². The van der Waals surface area contributed by atoms with Crippen molar-refractivity contribution in [2.75, 3.05) is 26.7 Å². The Hall–Kier alpha value is -1.46. The molecule has 1 unspecified atom stereocenters. The molecule has 22 heavy (non-hydrogen) atoms. The van der Waals surface area contributed by atoms with Gasteiger partial charge in [0.05, 0.1) is 13.2 Å². The predicted octanol–water partition coefficient (Wildman–Crippen LogP) is 3.23. The number of piperazine rings is 1. The molecule has 1 fully saturated rings. The van der Waals surface area contributed by atoms with Crippen molar-refractivity contribution in [1.29, 1.82) is 0 Å². The number of nitrogens with zero attached hydrogens (tertiary/aromatic N) is 1. The van der Waals surface area contributed by atoms with Gasteiger partial charge in [-0.15, -0.1) is 0 Å². The fourth-order valence-electron chi connectivity index (χ4n) is 2.48. The van der Waals surface area contributed by atoms with Gasteiger partial charge in [0.2, 0.25) is 0 Å². The quantitative estimate of drug-likeness (QED) is 0.906. The first-order valence-corrected chi connectivity index (χ1v) is 7.73. The van der Waals surface area contributed by atoms with Gasteiger partial charge in [-0.1, -0.05) is 17.7 Å². The SMILES string of the molecule is COc1cc(Cl)ccc1C1CNCCN1C(=O)OC(C)(C)C. The van der Waals surface area contributed by atoms with Crippen LogP contribution in [-0.4, -0.2) is 43.3 Å². The zero-order valence-electron chi connectivity index (χ0n) is 13.5. The summed E-state index contributed by atoms with van der Waals surface area (Å²) in [6.45, 7) is 7.58. The summed E-state index contributed by atoms with van der Waals surface area (Å²) in [5, 5.41) is 3.91. The summed E-state index contributed by atoms with van der Waals surface area (Å²) in [6, 6.07) is 5.33. The number of halogens is 1. The van der Waals surface area contributed by atoms with Crippen LogP contribution >= 0.6 is 11.6 Å².